The van der Waals surface area contributed by atoms with Gasteiger partial charge < -0.3 is 9.64 Å². The van der Waals surface area contributed by atoms with Crippen LogP contribution in [0.3, 0.4) is 0 Å². The maximum absolute atomic E-state index is 12.6. The Morgan fingerprint density at radius 3 is 2.08 bits per heavy atom. The highest BCUT2D eigenvalue weighted by atomic mass is 35.5. The molecule has 0 aromatic heterocycles. The molecule has 1 fully saturated rings. The number of likely N-dealkylation sites (N-methyl/N-ethyl adjacent to an activating group) is 1. The smallest absolute Gasteiger partial charge is 0.253 e. The zero-order chi connectivity index (χ0) is 18.0. The molecule has 2 aromatic rings. The van der Waals surface area contributed by atoms with Crippen molar-refractivity contribution in [2.24, 2.45) is 0 Å². The van der Waals surface area contributed by atoms with E-state index in [1.54, 1.807) is 36.2 Å². The number of hydrogen-bond donors (Lipinski definition) is 0. The van der Waals surface area contributed by atoms with E-state index in [4.69, 9.17) is 33.2 Å². The van der Waals surface area contributed by atoms with E-state index in [-0.39, 0.29) is 18.4 Å². The Balaban J connectivity index is 2.04. The van der Waals surface area contributed by atoms with E-state index >= 15 is 0 Å². The van der Waals surface area contributed by atoms with Gasteiger partial charge >= 0.3 is 0 Å². The second kappa shape index (κ2) is 7.45. The molecule has 1 aliphatic rings. The number of amides is 1. The lowest BCUT2D eigenvalue weighted by atomic mass is 9.92. The Labute approximate surface area is 156 Å². The highest BCUT2D eigenvalue weighted by molar-refractivity contribution is 6.30. The highest BCUT2D eigenvalue weighted by Gasteiger charge is 2.42. The van der Waals surface area contributed by atoms with E-state index < -0.39 is 12.2 Å². The third-order valence-corrected chi connectivity index (χ3v) is 4.83. The van der Waals surface area contributed by atoms with Crippen LogP contribution in [0.25, 0.3) is 0 Å². The highest BCUT2D eigenvalue weighted by Crippen LogP contribution is 2.42. The first-order chi connectivity index (χ1) is 12.0. The molecule has 0 spiro atoms. The fraction of sp³-hybridized carbons (Fsp3) is 0.263. The second-order valence-electron chi connectivity index (χ2n) is 5.90. The largest absolute Gasteiger partial charge is 0.357 e. The SMILES string of the molecule is CN1C(=O)[C@@H](CC#N)O[C@H](c2ccc(Cl)cc2)[C@@H]1c1ccc(Cl)cc1. The maximum atomic E-state index is 12.6. The first-order valence-electron chi connectivity index (χ1n) is 7.81. The van der Waals surface area contributed by atoms with Crippen molar-refractivity contribution >= 4 is 29.1 Å². The molecular weight excluding hydrogens is 359 g/mol. The van der Waals surface area contributed by atoms with E-state index in [2.05, 4.69) is 0 Å². The summed E-state index contributed by atoms with van der Waals surface area (Å²) in [4.78, 5) is 14.2. The fourth-order valence-corrected chi connectivity index (χ4v) is 3.32. The molecule has 3 atom stereocenters. The molecule has 6 heteroatoms. The van der Waals surface area contributed by atoms with Gasteiger partial charge in [0.05, 0.1) is 18.5 Å². The van der Waals surface area contributed by atoms with Crippen LogP contribution in [0.1, 0.15) is 29.7 Å². The molecule has 0 radical (unpaired) electrons. The lowest BCUT2D eigenvalue weighted by Crippen LogP contribution is -2.48. The van der Waals surface area contributed by atoms with Crippen molar-refractivity contribution in [2.45, 2.75) is 24.7 Å². The van der Waals surface area contributed by atoms with Gasteiger partial charge in [-0.3, -0.25) is 4.79 Å². The van der Waals surface area contributed by atoms with Gasteiger partial charge in [0.15, 0.2) is 0 Å². The van der Waals surface area contributed by atoms with Gasteiger partial charge in [-0.15, -0.1) is 0 Å². The van der Waals surface area contributed by atoms with Gasteiger partial charge in [-0.25, -0.2) is 0 Å². The summed E-state index contributed by atoms with van der Waals surface area (Å²) in [6.45, 7) is 0. The molecular formula is C19H16Cl2N2O2. The van der Waals surface area contributed by atoms with Crippen molar-refractivity contribution in [3.05, 3.63) is 69.7 Å². The molecule has 3 rings (SSSR count). The number of carbonyl (C=O) groups is 1. The molecule has 2 aromatic carbocycles. The zero-order valence-corrected chi connectivity index (χ0v) is 15.0. The Morgan fingerprint density at radius 1 is 1.04 bits per heavy atom. The van der Waals surface area contributed by atoms with Crippen LogP contribution in [0.5, 0.6) is 0 Å². The quantitative estimate of drug-likeness (QED) is 0.791. The fourth-order valence-electron chi connectivity index (χ4n) is 3.07. The average Bonchev–Trinajstić information content (AvgIpc) is 2.61. The Bertz CT molecular complexity index is 800. The van der Waals surface area contributed by atoms with Gasteiger partial charge in [0.25, 0.3) is 5.91 Å². The van der Waals surface area contributed by atoms with Gasteiger partial charge in [-0.2, -0.15) is 5.26 Å². The number of ether oxygens (including phenoxy) is 1. The lowest BCUT2D eigenvalue weighted by Gasteiger charge is -2.42. The summed E-state index contributed by atoms with van der Waals surface area (Å²) >= 11 is 12.0. The van der Waals surface area contributed by atoms with E-state index in [1.165, 1.54) is 0 Å². The summed E-state index contributed by atoms with van der Waals surface area (Å²) in [6.07, 6.45) is -1.17. The van der Waals surface area contributed by atoms with Crippen molar-refractivity contribution in [1.82, 2.24) is 4.90 Å². The summed E-state index contributed by atoms with van der Waals surface area (Å²) in [7, 11) is 1.73. The van der Waals surface area contributed by atoms with Crippen LogP contribution in [0.2, 0.25) is 10.0 Å². The molecule has 1 amide bonds. The number of benzene rings is 2. The van der Waals surface area contributed by atoms with Gasteiger partial charge in [-0.05, 0) is 35.4 Å². The minimum Gasteiger partial charge on any atom is -0.357 e. The van der Waals surface area contributed by atoms with E-state index in [9.17, 15) is 4.79 Å². The monoisotopic (exact) mass is 374 g/mol. The molecule has 1 saturated heterocycles. The lowest BCUT2D eigenvalue weighted by molar-refractivity contribution is -0.170. The van der Waals surface area contributed by atoms with Crippen LogP contribution >= 0.6 is 23.2 Å². The number of nitriles is 1. The number of morpholine rings is 1. The molecule has 4 nitrogen and oxygen atoms in total. The van der Waals surface area contributed by atoms with Crippen molar-refractivity contribution in [2.75, 3.05) is 7.05 Å². The van der Waals surface area contributed by atoms with Crippen molar-refractivity contribution in [3.63, 3.8) is 0 Å². The van der Waals surface area contributed by atoms with Crippen molar-refractivity contribution in [1.29, 1.82) is 5.26 Å². The Morgan fingerprint density at radius 2 is 1.56 bits per heavy atom. The molecule has 0 unspecified atom stereocenters. The van der Waals surface area contributed by atoms with Gasteiger partial charge in [0, 0.05) is 17.1 Å². The predicted octanol–water partition coefficient (Wildman–Crippen LogP) is 4.55. The van der Waals surface area contributed by atoms with E-state index in [1.807, 2.05) is 30.3 Å². The molecule has 128 valence electrons. The summed E-state index contributed by atoms with van der Waals surface area (Å²) in [5.74, 6) is -0.202. The minimum absolute atomic E-state index is 0.0145. The summed E-state index contributed by atoms with van der Waals surface area (Å²) in [5.41, 5.74) is 1.81. The van der Waals surface area contributed by atoms with Gasteiger partial charge in [0.1, 0.15) is 12.2 Å². The average molecular weight is 375 g/mol. The van der Waals surface area contributed by atoms with Crippen LogP contribution in [0, 0.1) is 11.3 Å². The standard InChI is InChI=1S/C19H16Cl2N2O2/c1-23-17(12-2-6-14(20)7-3-12)18(13-4-8-15(21)9-5-13)25-16(10-11-22)19(23)24/h2-9,16-18H,10H2,1H3/t16-,17+,18-/m1/s1. The Kier molecular flexibility index (Phi) is 5.29. The number of halogens is 2. The zero-order valence-electron chi connectivity index (χ0n) is 13.5. The van der Waals surface area contributed by atoms with E-state index in [0.29, 0.717) is 10.0 Å². The summed E-state index contributed by atoms with van der Waals surface area (Å²) in [6, 6.07) is 16.4. The molecule has 0 N–H and O–H groups in total. The third kappa shape index (κ3) is 3.64. The normalized spacial score (nSPS) is 23.4. The number of rotatable bonds is 3. The van der Waals surface area contributed by atoms with E-state index in [0.717, 1.165) is 11.1 Å². The van der Waals surface area contributed by atoms with Crippen LogP contribution in [-0.4, -0.2) is 24.0 Å². The van der Waals surface area contributed by atoms with Crippen LogP contribution in [-0.2, 0) is 9.53 Å². The van der Waals surface area contributed by atoms with Crippen LogP contribution in [0.15, 0.2) is 48.5 Å². The van der Waals surface area contributed by atoms with Gasteiger partial charge in [0.2, 0.25) is 0 Å². The van der Waals surface area contributed by atoms with Crippen molar-refractivity contribution in [3.8, 4) is 6.07 Å². The number of hydrogen-bond acceptors (Lipinski definition) is 3. The van der Waals surface area contributed by atoms with Gasteiger partial charge in [-0.1, -0.05) is 47.5 Å². The summed E-state index contributed by atoms with van der Waals surface area (Å²) < 4.78 is 6.04. The molecule has 0 saturated carbocycles. The maximum Gasteiger partial charge on any atom is 0.253 e. The number of carbonyl (C=O) groups excluding carboxylic acids is 1. The second-order valence-corrected chi connectivity index (χ2v) is 6.78. The first kappa shape index (κ1) is 17.8. The summed E-state index contributed by atoms with van der Waals surface area (Å²) in [5, 5.41) is 10.2. The van der Waals surface area contributed by atoms with Crippen molar-refractivity contribution < 1.29 is 9.53 Å². The van der Waals surface area contributed by atoms with Crippen LogP contribution < -0.4 is 0 Å². The molecule has 0 bridgehead atoms. The first-order valence-corrected chi connectivity index (χ1v) is 8.57. The molecule has 0 aliphatic carbocycles. The topological polar surface area (TPSA) is 53.3 Å². The Hall–Kier alpha value is -2.06. The predicted molar refractivity (Wildman–Crippen MR) is 96.3 cm³/mol. The number of nitrogens with zero attached hydrogens (tertiary/aromatic N) is 2. The minimum atomic E-state index is -0.778. The molecule has 1 aliphatic heterocycles. The van der Waals surface area contributed by atoms with Crippen LogP contribution in [0.4, 0.5) is 0 Å². The third-order valence-electron chi connectivity index (χ3n) is 4.32. The molecule has 25 heavy (non-hydrogen) atoms. The molecule has 1 heterocycles.